The van der Waals surface area contributed by atoms with E-state index in [9.17, 15) is 9.18 Å². The molecule has 5 nitrogen and oxygen atoms in total. The number of benzene rings is 1. The van der Waals surface area contributed by atoms with Crippen LogP contribution in [0.4, 0.5) is 9.18 Å². The molecule has 0 atom stereocenters. The van der Waals surface area contributed by atoms with Crippen LogP contribution >= 0.6 is 0 Å². The summed E-state index contributed by atoms with van der Waals surface area (Å²) in [5.74, 6) is 0.414. The van der Waals surface area contributed by atoms with E-state index in [1.807, 2.05) is 4.90 Å². The Morgan fingerprint density at radius 3 is 2.46 bits per heavy atom. The van der Waals surface area contributed by atoms with Crippen LogP contribution in [0.25, 0.3) is 0 Å². The molecule has 24 heavy (non-hydrogen) atoms. The van der Waals surface area contributed by atoms with E-state index in [-0.39, 0.29) is 11.8 Å². The van der Waals surface area contributed by atoms with Gasteiger partial charge in [-0.25, -0.2) is 9.18 Å². The van der Waals surface area contributed by atoms with Crippen LogP contribution in [0.15, 0.2) is 24.3 Å². The van der Waals surface area contributed by atoms with E-state index in [4.69, 9.17) is 4.74 Å². The third-order valence-electron chi connectivity index (χ3n) is 4.88. The molecule has 2 saturated heterocycles. The molecule has 3 rings (SSSR count). The Balaban J connectivity index is 1.37. The molecule has 2 amide bonds. The number of carbonyl (C=O) groups is 1. The van der Waals surface area contributed by atoms with Crippen molar-refractivity contribution < 1.29 is 13.9 Å². The van der Waals surface area contributed by atoms with Crippen LogP contribution in [-0.2, 0) is 11.3 Å². The number of rotatable bonds is 4. The van der Waals surface area contributed by atoms with Crippen molar-refractivity contribution in [3.63, 3.8) is 0 Å². The second-order valence-corrected chi connectivity index (χ2v) is 6.63. The number of hydrogen-bond donors (Lipinski definition) is 1. The number of halogens is 1. The number of likely N-dealkylation sites (tertiary alicyclic amines) is 1. The van der Waals surface area contributed by atoms with Crippen molar-refractivity contribution in [1.82, 2.24) is 15.1 Å². The van der Waals surface area contributed by atoms with Gasteiger partial charge in [-0.15, -0.1) is 0 Å². The summed E-state index contributed by atoms with van der Waals surface area (Å²) in [6.45, 7) is 6.90. The van der Waals surface area contributed by atoms with Gasteiger partial charge < -0.3 is 15.0 Å². The highest BCUT2D eigenvalue weighted by Crippen LogP contribution is 2.19. The molecule has 0 bridgehead atoms. The van der Waals surface area contributed by atoms with Gasteiger partial charge in [0.15, 0.2) is 0 Å². The van der Waals surface area contributed by atoms with Crippen molar-refractivity contribution in [3.8, 4) is 0 Å². The Kier molecular flexibility index (Phi) is 6.04. The van der Waals surface area contributed by atoms with Gasteiger partial charge in [-0.2, -0.15) is 0 Å². The van der Waals surface area contributed by atoms with Crippen molar-refractivity contribution in [2.75, 3.05) is 45.9 Å². The third-order valence-corrected chi connectivity index (χ3v) is 4.88. The molecular formula is C18H26FN3O2. The molecule has 1 aromatic rings. The summed E-state index contributed by atoms with van der Waals surface area (Å²) in [5, 5.41) is 2.92. The van der Waals surface area contributed by atoms with Crippen molar-refractivity contribution in [2.24, 2.45) is 5.92 Å². The van der Waals surface area contributed by atoms with Crippen molar-refractivity contribution in [3.05, 3.63) is 35.6 Å². The van der Waals surface area contributed by atoms with Gasteiger partial charge in [-0.3, -0.25) is 4.90 Å². The molecule has 1 N–H and O–H groups in total. The molecule has 0 saturated carbocycles. The van der Waals surface area contributed by atoms with Gasteiger partial charge in [-0.1, -0.05) is 12.1 Å². The molecule has 0 aromatic heterocycles. The van der Waals surface area contributed by atoms with Crippen molar-refractivity contribution in [2.45, 2.75) is 19.4 Å². The monoisotopic (exact) mass is 335 g/mol. The number of hydrogen-bond acceptors (Lipinski definition) is 3. The van der Waals surface area contributed by atoms with E-state index in [0.29, 0.717) is 12.5 Å². The normalized spacial score (nSPS) is 20.1. The molecule has 0 radical (unpaired) electrons. The number of urea groups is 1. The van der Waals surface area contributed by atoms with Gasteiger partial charge in [0, 0.05) is 39.3 Å². The number of ether oxygens (including phenoxy) is 1. The number of morpholine rings is 1. The lowest BCUT2D eigenvalue weighted by atomic mass is 9.96. The topological polar surface area (TPSA) is 44.8 Å². The first-order valence-electron chi connectivity index (χ1n) is 8.78. The first kappa shape index (κ1) is 17.2. The number of piperidine rings is 1. The fourth-order valence-corrected chi connectivity index (χ4v) is 3.36. The minimum atomic E-state index is -0.257. The highest BCUT2D eigenvalue weighted by Gasteiger charge is 2.24. The summed E-state index contributed by atoms with van der Waals surface area (Å²) in [4.78, 5) is 16.6. The van der Waals surface area contributed by atoms with Crippen LogP contribution in [-0.4, -0.2) is 61.8 Å². The van der Waals surface area contributed by atoms with E-state index in [2.05, 4.69) is 10.2 Å². The quantitative estimate of drug-likeness (QED) is 0.916. The Morgan fingerprint density at radius 1 is 1.12 bits per heavy atom. The lowest BCUT2D eigenvalue weighted by Crippen LogP contribution is -2.47. The predicted octanol–water partition coefficient (Wildman–Crippen LogP) is 2.08. The summed E-state index contributed by atoms with van der Waals surface area (Å²) in [6, 6.07) is 6.20. The molecule has 2 fully saturated rings. The average molecular weight is 335 g/mol. The van der Waals surface area contributed by atoms with Gasteiger partial charge in [-0.05, 0) is 36.5 Å². The number of carbonyl (C=O) groups excluding carboxylic acids is 1. The Morgan fingerprint density at radius 2 is 1.79 bits per heavy atom. The lowest BCUT2D eigenvalue weighted by Gasteiger charge is -2.36. The van der Waals surface area contributed by atoms with E-state index in [1.165, 1.54) is 12.1 Å². The SMILES string of the molecule is O=C(NCc1ccc(F)cc1)N1CCC(CN2CCOCC2)CC1. The summed E-state index contributed by atoms with van der Waals surface area (Å²) in [5.41, 5.74) is 0.909. The third kappa shape index (κ3) is 4.92. The zero-order valence-corrected chi connectivity index (χ0v) is 14.0. The first-order chi connectivity index (χ1) is 11.7. The predicted molar refractivity (Wildman–Crippen MR) is 90.2 cm³/mol. The zero-order chi connectivity index (χ0) is 16.8. The average Bonchev–Trinajstić information content (AvgIpc) is 2.62. The zero-order valence-electron chi connectivity index (χ0n) is 14.0. The molecule has 132 valence electrons. The molecule has 0 aliphatic carbocycles. The molecule has 6 heteroatoms. The van der Waals surface area contributed by atoms with Gasteiger partial charge >= 0.3 is 6.03 Å². The van der Waals surface area contributed by atoms with Crippen LogP contribution in [0, 0.1) is 11.7 Å². The minimum Gasteiger partial charge on any atom is -0.379 e. The molecule has 2 heterocycles. The van der Waals surface area contributed by atoms with Crippen LogP contribution in [0.1, 0.15) is 18.4 Å². The van der Waals surface area contributed by atoms with Crippen molar-refractivity contribution >= 4 is 6.03 Å². The van der Waals surface area contributed by atoms with Crippen LogP contribution in [0.3, 0.4) is 0 Å². The van der Waals surface area contributed by atoms with Gasteiger partial charge in [0.1, 0.15) is 5.82 Å². The maximum absolute atomic E-state index is 12.9. The Labute approximate surface area is 142 Å². The Bertz CT molecular complexity index is 524. The maximum Gasteiger partial charge on any atom is 0.317 e. The van der Waals surface area contributed by atoms with E-state index in [1.54, 1.807) is 12.1 Å². The maximum atomic E-state index is 12.9. The second-order valence-electron chi connectivity index (χ2n) is 6.63. The summed E-state index contributed by atoms with van der Waals surface area (Å²) in [6.07, 6.45) is 2.11. The van der Waals surface area contributed by atoms with Gasteiger partial charge in [0.05, 0.1) is 13.2 Å². The fourth-order valence-electron chi connectivity index (χ4n) is 3.36. The fraction of sp³-hybridized carbons (Fsp3) is 0.611. The van der Waals surface area contributed by atoms with E-state index < -0.39 is 0 Å². The van der Waals surface area contributed by atoms with E-state index >= 15 is 0 Å². The van der Waals surface area contributed by atoms with E-state index in [0.717, 1.165) is 64.3 Å². The molecule has 0 unspecified atom stereocenters. The largest absolute Gasteiger partial charge is 0.379 e. The smallest absolute Gasteiger partial charge is 0.317 e. The standard InChI is InChI=1S/C18H26FN3O2/c19-17-3-1-15(2-4-17)13-20-18(23)22-7-5-16(6-8-22)14-21-9-11-24-12-10-21/h1-4,16H,5-14H2,(H,20,23). The van der Waals surface area contributed by atoms with Crippen LogP contribution in [0.5, 0.6) is 0 Å². The number of amides is 2. The minimum absolute atomic E-state index is 0.0239. The lowest BCUT2D eigenvalue weighted by molar-refractivity contribution is 0.0258. The number of nitrogens with zero attached hydrogens (tertiary/aromatic N) is 2. The highest BCUT2D eigenvalue weighted by atomic mass is 19.1. The molecule has 2 aliphatic rings. The molecule has 1 aromatic carbocycles. The second kappa shape index (κ2) is 8.44. The highest BCUT2D eigenvalue weighted by molar-refractivity contribution is 5.74. The Hall–Kier alpha value is -1.66. The van der Waals surface area contributed by atoms with Crippen LogP contribution in [0.2, 0.25) is 0 Å². The molecule has 0 spiro atoms. The summed E-state index contributed by atoms with van der Waals surface area (Å²) < 4.78 is 18.3. The van der Waals surface area contributed by atoms with Crippen LogP contribution < -0.4 is 5.32 Å². The summed E-state index contributed by atoms with van der Waals surface area (Å²) >= 11 is 0. The number of nitrogens with one attached hydrogen (secondary N) is 1. The van der Waals surface area contributed by atoms with Crippen molar-refractivity contribution in [1.29, 1.82) is 0 Å². The first-order valence-corrected chi connectivity index (χ1v) is 8.78. The van der Waals surface area contributed by atoms with Gasteiger partial charge in [0.2, 0.25) is 0 Å². The summed E-state index contributed by atoms with van der Waals surface area (Å²) in [7, 11) is 0. The molecule has 2 aliphatic heterocycles. The molecular weight excluding hydrogens is 309 g/mol. The van der Waals surface area contributed by atoms with Gasteiger partial charge in [0.25, 0.3) is 0 Å².